The molecule has 0 unspecified atom stereocenters. The molecule has 0 aliphatic carbocycles. The van der Waals surface area contributed by atoms with Crippen LogP contribution in [0.2, 0.25) is 0 Å². The average Bonchev–Trinajstić information content (AvgIpc) is 0.811. The molecule has 0 N–H and O–H groups in total. The smallest absolute Gasteiger partial charge is 1.00 e. The Hall–Kier alpha value is 1.85. The summed E-state index contributed by atoms with van der Waals surface area (Å²) in [5.41, 5.74) is 0. The molecule has 0 bridgehead atoms. The first kappa shape index (κ1) is 23.2. The summed E-state index contributed by atoms with van der Waals surface area (Å²) in [4.78, 5) is 25.4. The second kappa shape index (κ2) is 15.7. The van der Waals surface area contributed by atoms with Crippen LogP contribution in [0.25, 0.3) is 0 Å². The van der Waals surface area contributed by atoms with E-state index >= 15 is 0 Å². The zero-order chi connectivity index (χ0) is 3.58. The van der Waals surface area contributed by atoms with E-state index in [9.17, 15) is 0 Å². The fourth-order valence-corrected chi connectivity index (χ4v) is 0. The molecule has 0 fully saturated rings. The van der Waals surface area contributed by atoms with Crippen LogP contribution < -0.4 is 27.1 Å². The van der Waals surface area contributed by atoms with Crippen molar-refractivity contribution in [1.82, 2.24) is 0 Å². The van der Waals surface area contributed by atoms with Crippen molar-refractivity contribution in [2.45, 2.75) is 0 Å². The van der Waals surface area contributed by atoms with E-state index in [1.165, 1.54) is 0 Å². The molecule has 7 heteroatoms. The van der Waals surface area contributed by atoms with Crippen molar-refractivity contribution in [2.75, 3.05) is 0 Å². The van der Waals surface area contributed by atoms with Gasteiger partial charge in [-0.2, -0.15) is 0 Å². The van der Waals surface area contributed by atoms with Gasteiger partial charge in [0, 0.05) is 0 Å². The molecule has 0 saturated heterocycles. The minimum absolute atomic E-state index is 0. The van der Waals surface area contributed by atoms with Crippen LogP contribution in [-0.4, -0.2) is 0 Å². The molecule has 0 aromatic carbocycles. The van der Waals surface area contributed by atoms with E-state index in [1.54, 1.807) is 0 Å². The maximum Gasteiger partial charge on any atom is 2.00 e. The van der Waals surface area contributed by atoms with Crippen molar-refractivity contribution in [1.29, 1.82) is 0 Å². The molecule has 0 radical (unpaired) electrons. The van der Waals surface area contributed by atoms with E-state index in [0.29, 0.717) is 0 Å². The Kier molecular flexibility index (Phi) is 51.9. The molecular weight excluding hydrogens is 245 g/mol. The van der Waals surface area contributed by atoms with Crippen LogP contribution in [0, 0.1) is 0 Å². The Balaban J connectivity index is -0.0000000150. The maximum atomic E-state index is 8.48. The molecule has 0 atom stereocenters. The van der Waals surface area contributed by atoms with Crippen LogP contribution in [0.15, 0.2) is 0 Å². The van der Waals surface area contributed by atoms with Gasteiger partial charge in [0.1, 0.15) is 0 Å². The van der Waals surface area contributed by atoms with Gasteiger partial charge in [0.15, 0.2) is 0 Å². The first-order valence-electron chi connectivity index (χ1n) is 0.548. The Morgan fingerprint density at radius 3 is 0.857 bits per heavy atom. The first-order valence-corrected chi connectivity index (χ1v) is 1.64. The van der Waals surface area contributed by atoms with Gasteiger partial charge in [0.25, 0.3) is 0 Å². The number of halogens is 1. The summed E-state index contributed by atoms with van der Waals surface area (Å²) in [6.45, 7) is 0. The molecular formula is ClO3PZn2. The van der Waals surface area contributed by atoms with Crippen LogP contribution in [0.1, 0.15) is 0 Å². The summed E-state index contributed by atoms with van der Waals surface area (Å²) in [7, 11) is -3.37. The summed E-state index contributed by atoms with van der Waals surface area (Å²) in [6, 6.07) is 0. The van der Waals surface area contributed by atoms with Gasteiger partial charge in [0.2, 0.25) is 0 Å². The van der Waals surface area contributed by atoms with E-state index in [4.69, 9.17) is 14.7 Å². The predicted octanol–water partition coefficient (Wildman–Crippen LogP) is -5.71. The SMILES string of the molecule is [Cl-].[O-]P([O-])[O-].[Zn+2].[Zn+2]. The van der Waals surface area contributed by atoms with Gasteiger partial charge in [-0.3, -0.25) is 0 Å². The number of rotatable bonds is 0. The third kappa shape index (κ3) is 78.7. The van der Waals surface area contributed by atoms with Crippen molar-refractivity contribution < 1.29 is 66.0 Å². The Morgan fingerprint density at radius 2 is 0.857 bits per heavy atom. The number of hydrogen-bond donors (Lipinski definition) is 0. The largest absolute Gasteiger partial charge is 2.00 e. The van der Waals surface area contributed by atoms with Gasteiger partial charge < -0.3 is 35.7 Å². The molecule has 0 heterocycles. The average molecular weight is 245 g/mol. The van der Waals surface area contributed by atoms with Gasteiger partial charge in [0.05, 0.1) is 0 Å². The van der Waals surface area contributed by atoms with Crippen molar-refractivity contribution in [2.24, 2.45) is 0 Å². The molecule has 0 rings (SSSR count). The van der Waals surface area contributed by atoms with E-state index in [1.807, 2.05) is 0 Å². The standard InChI is InChI=1S/ClH.O3P.2Zn/c;1-4(2)3;;/h1H;;;/q;-3;2*+2/p-1. The molecule has 34 valence electrons. The summed E-state index contributed by atoms with van der Waals surface area (Å²) < 4.78 is 0. The van der Waals surface area contributed by atoms with Crippen molar-refractivity contribution in [3.8, 4) is 0 Å². The van der Waals surface area contributed by atoms with Gasteiger partial charge in [-0.05, 0) is 0 Å². The maximum absolute atomic E-state index is 8.48. The van der Waals surface area contributed by atoms with Crippen LogP contribution in [0.4, 0.5) is 0 Å². The zero-order valence-electron chi connectivity index (χ0n) is 3.46. The molecule has 0 aromatic rings. The molecule has 0 aliphatic rings. The fraction of sp³-hybridized carbons (Fsp3) is 0. The Bertz CT molecular complexity index is 17.7. The van der Waals surface area contributed by atoms with Gasteiger partial charge in [-0.15, -0.1) is 0 Å². The third-order valence-electron chi connectivity index (χ3n) is 0. The molecule has 7 heavy (non-hydrogen) atoms. The molecule has 0 amide bonds. The van der Waals surface area contributed by atoms with Crippen LogP contribution in [-0.2, 0) is 39.0 Å². The van der Waals surface area contributed by atoms with Crippen molar-refractivity contribution in [3.63, 3.8) is 0 Å². The second-order valence-electron chi connectivity index (χ2n) is 0.224. The fourth-order valence-electron chi connectivity index (χ4n) is 0. The van der Waals surface area contributed by atoms with Crippen molar-refractivity contribution >= 4 is 8.60 Å². The van der Waals surface area contributed by atoms with Gasteiger partial charge in [-0.1, -0.05) is 0 Å². The first-order chi connectivity index (χ1) is 1.73. The van der Waals surface area contributed by atoms with Gasteiger partial charge >= 0.3 is 39.0 Å². The minimum atomic E-state index is -3.37. The zero-order valence-corrected chi connectivity index (χ0v) is 11.0. The van der Waals surface area contributed by atoms with E-state index in [2.05, 4.69) is 0 Å². The van der Waals surface area contributed by atoms with E-state index in [0.717, 1.165) is 0 Å². The minimum Gasteiger partial charge on any atom is -1.00 e. The van der Waals surface area contributed by atoms with Crippen LogP contribution in [0.5, 0.6) is 0 Å². The van der Waals surface area contributed by atoms with Gasteiger partial charge in [-0.25, -0.2) is 0 Å². The monoisotopic (exact) mass is 242 g/mol. The Morgan fingerprint density at radius 1 is 0.857 bits per heavy atom. The predicted molar refractivity (Wildman–Crippen MR) is 6.92 cm³/mol. The molecule has 0 aliphatic heterocycles. The number of hydrogen-bond acceptors (Lipinski definition) is 3. The molecule has 0 spiro atoms. The summed E-state index contributed by atoms with van der Waals surface area (Å²) in [5.74, 6) is 0. The van der Waals surface area contributed by atoms with Crippen LogP contribution >= 0.6 is 8.60 Å². The molecule has 3 nitrogen and oxygen atoms in total. The second-order valence-corrected chi connectivity index (χ2v) is 0.671. The van der Waals surface area contributed by atoms with Crippen LogP contribution in [0.3, 0.4) is 0 Å². The van der Waals surface area contributed by atoms with E-state index < -0.39 is 8.60 Å². The summed E-state index contributed by atoms with van der Waals surface area (Å²) in [5, 5.41) is 0. The Labute approximate surface area is 74.4 Å². The summed E-state index contributed by atoms with van der Waals surface area (Å²) >= 11 is 0. The third-order valence-corrected chi connectivity index (χ3v) is 0. The van der Waals surface area contributed by atoms with E-state index in [-0.39, 0.29) is 51.4 Å². The normalized spacial score (nSPS) is 5.14. The quantitative estimate of drug-likeness (QED) is 0.315. The summed E-state index contributed by atoms with van der Waals surface area (Å²) in [6.07, 6.45) is 0. The molecule has 0 saturated carbocycles. The molecule has 0 aromatic heterocycles. The van der Waals surface area contributed by atoms with Crippen molar-refractivity contribution in [3.05, 3.63) is 0 Å². The topological polar surface area (TPSA) is 69.2 Å².